The van der Waals surface area contributed by atoms with Crippen LogP contribution in [0.3, 0.4) is 0 Å². The monoisotopic (exact) mass is 332 g/mol. The topological polar surface area (TPSA) is 75.7 Å². The van der Waals surface area contributed by atoms with Crippen LogP contribution in [-0.2, 0) is 14.3 Å². The van der Waals surface area contributed by atoms with E-state index in [4.69, 9.17) is 4.74 Å². The lowest BCUT2D eigenvalue weighted by Crippen LogP contribution is -2.50. The van der Waals surface area contributed by atoms with E-state index >= 15 is 0 Å². The molecular formula is C18H24N2O4. The van der Waals surface area contributed by atoms with Crippen LogP contribution in [0.15, 0.2) is 24.3 Å². The summed E-state index contributed by atoms with van der Waals surface area (Å²) < 4.78 is 4.87. The molecule has 2 rings (SSSR count). The summed E-state index contributed by atoms with van der Waals surface area (Å²) in [5.74, 6) is -2.37. The first-order chi connectivity index (χ1) is 11.3. The Kier molecular flexibility index (Phi) is 5.26. The van der Waals surface area contributed by atoms with Crippen molar-refractivity contribution in [1.82, 2.24) is 10.2 Å². The van der Waals surface area contributed by atoms with Gasteiger partial charge in [-0.15, -0.1) is 0 Å². The average Bonchev–Trinajstić information content (AvgIpc) is 2.84. The van der Waals surface area contributed by atoms with Gasteiger partial charge in [0.1, 0.15) is 0 Å². The average molecular weight is 332 g/mol. The Bertz CT molecular complexity index is 646. The normalized spacial score (nSPS) is 17.5. The fraction of sp³-hybridized carbons (Fsp3) is 0.500. The SMILES string of the molecule is COC(=O)C(C(=O)N(C(C)C)C(C)C)C1NC(=O)c2ccccc21. The molecule has 0 spiro atoms. The minimum Gasteiger partial charge on any atom is -0.468 e. The van der Waals surface area contributed by atoms with Gasteiger partial charge in [0.15, 0.2) is 5.92 Å². The Hall–Kier alpha value is -2.37. The smallest absolute Gasteiger partial charge is 0.320 e. The first kappa shape index (κ1) is 18.0. The molecule has 0 aromatic heterocycles. The molecule has 1 aliphatic heterocycles. The van der Waals surface area contributed by atoms with Crippen LogP contribution in [0.1, 0.15) is 49.7 Å². The summed E-state index contributed by atoms with van der Waals surface area (Å²) in [5.41, 5.74) is 1.14. The van der Waals surface area contributed by atoms with Crippen LogP contribution in [0.5, 0.6) is 0 Å². The predicted molar refractivity (Wildman–Crippen MR) is 89.3 cm³/mol. The standard InChI is InChI=1S/C18H24N2O4/c1-10(2)20(11(3)4)17(22)14(18(23)24-5)15-12-8-6-7-9-13(12)16(21)19-15/h6-11,14-15H,1-5H3,(H,19,21). The van der Waals surface area contributed by atoms with Crippen molar-refractivity contribution in [3.05, 3.63) is 35.4 Å². The fourth-order valence-electron chi connectivity index (χ4n) is 3.31. The van der Waals surface area contributed by atoms with E-state index in [0.717, 1.165) is 0 Å². The Morgan fingerprint density at radius 3 is 2.25 bits per heavy atom. The van der Waals surface area contributed by atoms with E-state index < -0.39 is 17.9 Å². The van der Waals surface area contributed by atoms with Crippen LogP contribution in [0, 0.1) is 5.92 Å². The number of fused-ring (bicyclic) bond motifs is 1. The number of carbonyl (C=O) groups excluding carboxylic acids is 3. The molecule has 1 N–H and O–H groups in total. The molecule has 0 bridgehead atoms. The van der Waals surface area contributed by atoms with Gasteiger partial charge in [0.2, 0.25) is 5.91 Å². The summed E-state index contributed by atoms with van der Waals surface area (Å²) in [4.78, 5) is 39.3. The minimum atomic E-state index is -1.10. The molecule has 0 fully saturated rings. The third-order valence-electron chi connectivity index (χ3n) is 4.25. The van der Waals surface area contributed by atoms with Crippen molar-refractivity contribution in [3.63, 3.8) is 0 Å². The van der Waals surface area contributed by atoms with Crippen molar-refractivity contribution in [2.45, 2.75) is 45.8 Å². The van der Waals surface area contributed by atoms with E-state index in [1.807, 2.05) is 27.7 Å². The highest BCUT2D eigenvalue weighted by molar-refractivity contribution is 6.04. The van der Waals surface area contributed by atoms with E-state index in [1.54, 1.807) is 29.2 Å². The molecular weight excluding hydrogens is 308 g/mol. The number of methoxy groups -OCH3 is 1. The number of nitrogens with one attached hydrogen (secondary N) is 1. The number of hydrogen-bond acceptors (Lipinski definition) is 4. The Labute approximate surface area is 142 Å². The van der Waals surface area contributed by atoms with Crippen molar-refractivity contribution in [2.24, 2.45) is 5.92 Å². The van der Waals surface area contributed by atoms with Crippen LogP contribution in [-0.4, -0.2) is 41.9 Å². The lowest BCUT2D eigenvalue weighted by atomic mass is 9.91. The van der Waals surface area contributed by atoms with Gasteiger partial charge in [-0.2, -0.15) is 0 Å². The molecule has 6 heteroatoms. The molecule has 1 heterocycles. The molecule has 2 amide bonds. The summed E-state index contributed by atoms with van der Waals surface area (Å²) >= 11 is 0. The minimum absolute atomic E-state index is 0.0722. The molecule has 0 radical (unpaired) electrons. The van der Waals surface area contributed by atoms with E-state index in [2.05, 4.69) is 5.32 Å². The zero-order valence-electron chi connectivity index (χ0n) is 14.7. The quantitative estimate of drug-likeness (QED) is 0.660. The lowest BCUT2D eigenvalue weighted by Gasteiger charge is -2.34. The third-order valence-corrected chi connectivity index (χ3v) is 4.25. The van der Waals surface area contributed by atoms with Crippen LogP contribution in [0.2, 0.25) is 0 Å². The first-order valence-electron chi connectivity index (χ1n) is 8.09. The Morgan fingerprint density at radius 1 is 1.12 bits per heavy atom. The van der Waals surface area contributed by atoms with Gasteiger partial charge in [-0.05, 0) is 39.3 Å². The number of carbonyl (C=O) groups is 3. The molecule has 0 saturated heterocycles. The second kappa shape index (κ2) is 7.03. The number of rotatable bonds is 5. The Balaban J connectivity index is 2.46. The molecule has 2 atom stereocenters. The molecule has 1 aliphatic rings. The molecule has 0 saturated carbocycles. The summed E-state index contributed by atoms with van der Waals surface area (Å²) in [6.07, 6.45) is 0. The van der Waals surface area contributed by atoms with Crippen molar-refractivity contribution in [2.75, 3.05) is 7.11 Å². The number of benzene rings is 1. The van der Waals surface area contributed by atoms with Crippen molar-refractivity contribution >= 4 is 17.8 Å². The lowest BCUT2D eigenvalue weighted by molar-refractivity contribution is -0.156. The maximum atomic E-state index is 13.1. The van der Waals surface area contributed by atoms with Gasteiger partial charge >= 0.3 is 5.97 Å². The van der Waals surface area contributed by atoms with Crippen LogP contribution in [0.25, 0.3) is 0 Å². The number of ether oxygens (including phenoxy) is 1. The second-order valence-electron chi connectivity index (χ2n) is 6.47. The van der Waals surface area contributed by atoms with Crippen LogP contribution >= 0.6 is 0 Å². The van der Waals surface area contributed by atoms with E-state index in [-0.39, 0.29) is 23.9 Å². The highest BCUT2D eigenvalue weighted by atomic mass is 16.5. The zero-order chi connectivity index (χ0) is 18.0. The van der Waals surface area contributed by atoms with Crippen LogP contribution in [0.4, 0.5) is 0 Å². The molecule has 2 unspecified atom stereocenters. The summed E-state index contributed by atoms with van der Waals surface area (Å²) in [6.45, 7) is 7.58. The fourth-order valence-corrected chi connectivity index (χ4v) is 3.31. The largest absolute Gasteiger partial charge is 0.468 e. The first-order valence-corrected chi connectivity index (χ1v) is 8.09. The van der Waals surface area contributed by atoms with E-state index in [0.29, 0.717) is 11.1 Å². The molecule has 6 nitrogen and oxygen atoms in total. The second-order valence-corrected chi connectivity index (χ2v) is 6.47. The van der Waals surface area contributed by atoms with Crippen molar-refractivity contribution < 1.29 is 19.1 Å². The molecule has 130 valence electrons. The molecule has 1 aromatic rings. The molecule has 0 aliphatic carbocycles. The van der Waals surface area contributed by atoms with Gasteiger partial charge in [0, 0.05) is 17.6 Å². The van der Waals surface area contributed by atoms with Gasteiger partial charge in [-0.1, -0.05) is 18.2 Å². The molecule has 24 heavy (non-hydrogen) atoms. The summed E-state index contributed by atoms with van der Waals surface area (Å²) in [6, 6.07) is 6.13. The van der Waals surface area contributed by atoms with E-state index in [9.17, 15) is 14.4 Å². The highest BCUT2D eigenvalue weighted by Crippen LogP contribution is 2.33. The Morgan fingerprint density at radius 2 is 1.71 bits per heavy atom. The van der Waals surface area contributed by atoms with Crippen LogP contribution < -0.4 is 5.32 Å². The van der Waals surface area contributed by atoms with Gasteiger partial charge < -0.3 is 15.0 Å². The number of esters is 1. The summed E-state index contributed by atoms with van der Waals surface area (Å²) in [5, 5.41) is 2.76. The van der Waals surface area contributed by atoms with E-state index in [1.165, 1.54) is 7.11 Å². The van der Waals surface area contributed by atoms with Crippen molar-refractivity contribution in [1.29, 1.82) is 0 Å². The van der Waals surface area contributed by atoms with Gasteiger partial charge in [-0.3, -0.25) is 14.4 Å². The maximum Gasteiger partial charge on any atom is 0.320 e. The van der Waals surface area contributed by atoms with Crippen molar-refractivity contribution in [3.8, 4) is 0 Å². The zero-order valence-corrected chi connectivity index (χ0v) is 14.7. The number of amides is 2. The predicted octanol–water partition coefficient (Wildman–Crippen LogP) is 1.91. The maximum absolute atomic E-state index is 13.1. The van der Waals surface area contributed by atoms with Gasteiger partial charge in [0.05, 0.1) is 13.2 Å². The van der Waals surface area contributed by atoms with Gasteiger partial charge in [-0.25, -0.2) is 0 Å². The highest BCUT2D eigenvalue weighted by Gasteiger charge is 2.45. The van der Waals surface area contributed by atoms with Gasteiger partial charge in [0.25, 0.3) is 5.91 Å². The third kappa shape index (κ3) is 3.13. The number of nitrogens with zero attached hydrogens (tertiary/aromatic N) is 1. The number of hydrogen-bond donors (Lipinski definition) is 1. The summed E-state index contributed by atoms with van der Waals surface area (Å²) in [7, 11) is 1.25. The molecule has 1 aromatic carbocycles.